The summed E-state index contributed by atoms with van der Waals surface area (Å²) in [5.74, 6) is -0.785. The van der Waals surface area contributed by atoms with Crippen LogP contribution in [0.15, 0.2) is 72.3 Å². The first-order chi connectivity index (χ1) is 17.4. The molecule has 0 spiro atoms. The molecule has 8 heteroatoms. The number of hydrogen-bond acceptors (Lipinski definition) is 6. The van der Waals surface area contributed by atoms with Gasteiger partial charge in [0, 0.05) is 35.1 Å². The van der Waals surface area contributed by atoms with Crippen molar-refractivity contribution < 1.29 is 24.2 Å². The number of aliphatic hydroxyl groups excluding tert-OH is 1. The molecule has 184 valence electrons. The van der Waals surface area contributed by atoms with Crippen molar-refractivity contribution in [1.82, 2.24) is 0 Å². The summed E-state index contributed by atoms with van der Waals surface area (Å²) in [4.78, 5) is 30.3. The van der Waals surface area contributed by atoms with E-state index in [1.807, 2.05) is 24.3 Å². The molecule has 2 aliphatic heterocycles. The number of carbonyl (C=O) groups excluding carboxylic acids is 2. The predicted octanol–water partition coefficient (Wildman–Crippen LogP) is 5.54. The van der Waals surface area contributed by atoms with Crippen LogP contribution in [-0.2, 0) is 9.59 Å². The number of Topliss-reactive ketones (excluding diaryl/α,β-unsaturated/α-hetero) is 1. The number of fused-ring (bicyclic) bond motifs is 1. The standard InChI is InChI=1S/C28H25ClN2O5/c1-3-30(4-2)20-11-8-17(9-12-20)25-24(26(32)18-10-13-22-23(14-18)36-16-35-22)27(33)28(34)31(25)21-7-5-6-19(29)15-21/h5-15,25,32H,3-4,16H2,1-2H3/b26-24-. The summed E-state index contributed by atoms with van der Waals surface area (Å²) in [5, 5.41) is 11.8. The zero-order valence-corrected chi connectivity index (χ0v) is 20.7. The van der Waals surface area contributed by atoms with E-state index in [0.29, 0.717) is 33.3 Å². The fourth-order valence-corrected chi connectivity index (χ4v) is 4.88. The second kappa shape index (κ2) is 9.59. The molecule has 1 amide bonds. The van der Waals surface area contributed by atoms with E-state index < -0.39 is 17.7 Å². The van der Waals surface area contributed by atoms with Crippen molar-refractivity contribution in [1.29, 1.82) is 0 Å². The molecule has 0 aromatic heterocycles. The Hall–Kier alpha value is -3.97. The lowest BCUT2D eigenvalue weighted by Crippen LogP contribution is -2.29. The lowest BCUT2D eigenvalue weighted by atomic mass is 9.94. The van der Waals surface area contributed by atoms with Gasteiger partial charge in [-0.05, 0) is 67.9 Å². The number of ether oxygens (including phenoxy) is 2. The van der Waals surface area contributed by atoms with Gasteiger partial charge in [0.05, 0.1) is 11.6 Å². The molecule has 0 saturated carbocycles. The molecule has 2 heterocycles. The quantitative estimate of drug-likeness (QED) is 0.270. The first-order valence-electron chi connectivity index (χ1n) is 11.7. The van der Waals surface area contributed by atoms with Crippen molar-refractivity contribution in [2.24, 2.45) is 0 Å². The van der Waals surface area contributed by atoms with E-state index in [1.165, 1.54) is 4.90 Å². The molecule has 7 nitrogen and oxygen atoms in total. The van der Waals surface area contributed by atoms with Gasteiger partial charge in [-0.15, -0.1) is 0 Å². The van der Waals surface area contributed by atoms with Gasteiger partial charge in [0.15, 0.2) is 11.5 Å². The number of amides is 1. The summed E-state index contributed by atoms with van der Waals surface area (Å²) in [7, 11) is 0. The highest BCUT2D eigenvalue weighted by Crippen LogP contribution is 2.44. The predicted molar refractivity (Wildman–Crippen MR) is 139 cm³/mol. The number of ketones is 1. The Balaban J connectivity index is 1.67. The van der Waals surface area contributed by atoms with Gasteiger partial charge < -0.3 is 19.5 Å². The van der Waals surface area contributed by atoms with Crippen molar-refractivity contribution in [3.63, 3.8) is 0 Å². The van der Waals surface area contributed by atoms with Crippen LogP contribution in [-0.4, -0.2) is 36.7 Å². The average Bonchev–Trinajstić information content (AvgIpc) is 3.46. The molecule has 0 radical (unpaired) electrons. The van der Waals surface area contributed by atoms with Gasteiger partial charge in [0.1, 0.15) is 5.76 Å². The summed E-state index contributed by atoms with van der Waals surface area (Å²) in [6.07, 6.45) is 0. The summed E-state index contributed by atoms with van der Waals surface area (Å²) >= 11 is 6.22. The number of carbonyl (C=O) groups is 2. The summed E-state index contributed by atoms with van der Waals surface area (Å²) in [6, 6.07) is 18.5. The number of rotatable bonds is 6. The number of aliphatic hydroxyl groups is 1. The number of anilines is 2. The van der Waals surface area contributed by atoms with Crippen LogP contribution >= 0.6 is 11.6 Å². The molecule has 1 unspecified atom stereocenters. The van der Waals surface area contributed by atoms with Crippen molar-refractivity contribution in [2.45, 2.75) is 19.9 Å². The molecular weight excluding hydrogens is 480 g/mol. The molecule has 0 bridgehead atoms. The third-order valence-corrected chi connectivity index (χ3v) is 6.75. The Morgan fingerprint density at radius 3 is 2.42 bits per heavy atom. The van der Waals surface area contributed by atoms with Crippen molar-refractivity contribution in [3.8, 4) is 11.5 Å². The molecule has 5 rings (SSSR count). The lowest BCUT2D eigenvalue weighted by molar-refractivity contribution is -0.132. The SMILES string of the molecule is CCN(CC)c1ccc(C2/C(=C(/O)c3ccc4c(c3)OCO4)C(=O)C(=O)N2c2cccc(Cl)c2)cc1. The highest BCUT2D eigenvalue weighted by molar-refractivity contribution is 6.51. The van der Waals surface area contributed by atoms with E-state index in [9.17, 15) is 14.7 Å². The highest BCUT2D eigenvalue weighted by Gasteiger charge is 2.47. The Morgan fingerprint density at radius 2 is 1.72 bits per heavy atom. The van der Waals surface area contributed by atoms with Crippen LogP contribution in [0.25, 0.3) is 5.76 Å². The van der Waals surface area contributed by atoms with Gasteiger partial charge in [-0.1, -0.05) is 29.8 Å². The van der Waals surface area contributed by atoms with Gasteiger partial charge in [0.25, 0.3) is 11.7 Å². The minimum absolute atomic E-state index is 0.00516. The van der Waals surface area contributed by atoms with Gasteiger partial charge in [0.2, 0.25) is 6.79 Å². The molecule has 1 atom stereocenters. The monoisotopic (exact) mass is 504 g/mol. The molecule has 3 aromatic carbocycles. The summed E-state index contributed by atoms with van der Waals surface area (Å²) < 4.78 is 10.8. The number of nitrogens with zero attached hydrogens (tertiary/aromatic N) is 2. The van der Waals surface area contributed by atoms with Crippen LogP contribution in [0.3, 0.4) is 0 Å². The van der Waals surface area contributed by atoms with E-state index >= 15 is 0 Å². The Kier molecular flexibility index (Phi) is 6.33. The molecule has 0 aliphatic carbocycles. The summed E-state index contributed by atoms with van der Waals surface area (Å²) in [6.45, 7) is 5.94. The Morgan fingerprint density at radius 1 is 1.00 bits per heavy atom. The molecule has 2 aliphatic rings. The van der Waals surface area contributed by atoms with Gasteiger partial charge in [-0.3, -0.25) is 14.5 Å². The Labute approximate surface area is 214 Å². The summed E-state index contributed by atoms with van der Waals surface area (Å²) in [5.41, 5.74) is 2.53. The maximum atomic E-state index is 13.4. The van der Waals surface area contributed by atoms with Gasteiger partial charge >= 0.3 is 0 Å². The van der Waals surface area contributed by atoms with Crippen LogP contribution in [0.1, 0.15) is 31.0 Å². The van der Waals surface area contributed by atoms with Crippen molar-refractivity contribution >= 4 is 40.4 Å². The maximum Gasteiger partial charge on any atom is 0.300 e. The van der Waals surface area contributed by atoms with E-state index in [1.54, 1.807) is 42.5 Å². The fraction of sp³-hybridized carbons (Fsp3) is 0.214. The second-order valence-electron chi connectivity index (χ2n) is 8.48. The normalized spacial score (nSPS) is 18.1. The molecule has 1 fully saturated rings. The van der Waals surface area contributed by atoms with Crippen molar-refractivity contribution in [3.05, 3.63) is 88.5 Å². The molecule has 36 heavy (non-hydrogen) atoms. The number of hydrogen-bond donors (Lipinski definition) is 1. The smallest absolute Gasteiger partial charge is 0.300 e. The minimum atomic E-state index is -0.848. The van der Waals surface area contributed by atoms with E-state index in [2.05, 4.69) is 18.7 Å². The average molecular weight is 505 g/mol. The Bertz CT molecular complexity index is 1360. The molecule has 1 saturated heterocycles. The second-order valence-corrected chi connectivity index (χ2v) is 8.92. The van der Waals surface area contributed by atoms with E-state index in [0.717, 1.165) is 18.8 Å². The lowest BCUT2D eigenvalue weighted by Gasteiger charge is -2.27. The zero-order valence-electron chi connectivity index (χ0n) is 19.9. The minimum Gasteiger partial charge on any atom is -0.507 e. The van der Waals surface area contributed by atoms with Gasteiger partial charge in [-0.2, -0.15) is 0 Å². The fourth-order valence-electron chi connectivity index (χ4n) is 4.70. The molecule has 1 N–H and O–H groups in total. The zero-order chi connectivity index (χ0) is 25.4. The topological polar surface area (TPSA) is 79.3 Å². The van der Waals surface area contributed by atoms with Crippen LogP contribution in [0.5, 0.6) is 11.5 Å². The highest BCUT2D eigenvalue weighted by atomic mass is 35.5. The van der Waals surface area contributed by atoms with Gasteiger partial charge in [-0.25, -0.2) is 0 Å². The maximum absolute atomic E-state index is 13.4. The van der Waals surface area contributed by atoms with Crippen LogP contribution in [0.4, 0.5) is 11.4 Å². The first kappa shape index (κ1) is 23.8. The van der Waals surface area contributed by atoms with Crippen LogP contribution in [0, 0.1) is 0 Å². The molecular formula is C28H25ClN2O5. The third kappa shape index (κ3) is 4.05. The van der Waals surface area contributed by atoms with Crippen molar-refractivity contribution in [2.75, 3.05) is 29.7 Å². The van der Waals surface area contributed by atoms with E-state index in [-0.39, 0.29) is 18.1 Å². The number of benzene rings is 3. The van der Waals surface area contributed by atoms with Crippen LogP contribution < -0.4 is 19.3 Å². The molecule has 3 aromatic rings. The number of halogens is 1. The largest absolute Gasteiger partial charge is 0.507 e. The first-order valence-corrected chi connectivity index (χ1v) is 12.1. The van der Waals surface area contributed by atoms with E-state index in [4.69, 9.17) is 21.1 Å². The third-order valence-electron chi connectivity index (χ3n) is 6.51. The van der Waals surface area contributed by atoms with Crippen LogP contribution in [0.2, 0.25) is 5.02 Å².